The molecule has 0 spiro atoms. The average molecular weight is 747 g/mol. The van der Waals surface area contributed by atoms with Gasteiger partial charge in [0.25, 0.3) is 0 Å². The molecule has 0 aliphatic carbocycles. The Kier molecular flexibility index (Phi) is 15.8. The van der Waals surface area contributed by atoms with Crippen molar-refractivity contribution < 1.29 is 80.9 Å². The summed E-state index contributed by atoms with van der Waals surface area (Å²) >= 11 is 0. The molecule has 2 unspecified atom stereocenters. The van der Waals surface area contributed by atoms with Crippen molar-refractivity contribution in [1.29, 1.82) is 0 Å². The summed E-state index contributed by atoms with van der Waals surface area (Å²) < 4.78 is 64.3. The normalized spacial score (nSPS) is 37.6. The minimum Gasteiger partial charge on any atom is -0.458 e. The Morgan fingerprint density at radius 1 is 0.423 bits per heavy atom. The summed E-state index contributed by atoms with van der Waals surface area (Å²) in [5.74, 6) is -4.68. The molecule has 52 heavy (non-hydrogen) atoms. The first kappa shape index (κ1) is 43.0. The lowest BCUT2D eigenvalue weighted by Gasteiger charge is -2.47. The van der Waals surface area contributed by atoms with Gasteiger partial charge in [-0.1, -0.05) is 27.7 Å². The van der Waals surface area contributed by atoms with Crippen LogP contribution in [0, 0.1) is 17.8 Å². The van der Waals surface area contributed by atoms with Gasteiger partial charge in [-0.25, -0.2) is 0 Å². The van der Waals surface area contributed by atoms with Crippen LogP contribution in [0.25, 0.3) is 0 Å². The minimum atomic E-state index is -1.40. The van der Waals surface area contributed by atoms with Crippen molar-refractivity contribution in [1.82, 2.24) is 0 Å². The maximum absolute atomic E-state index is 12.3. The molecule has 15 atom stereocenters. The van der Waals surface area contributed by atoms with Gasteiger partial charge in [-0.05, 0) is 19.3 Å². The van der Waals surface area contributed by atoms with Crippen LogP contribution in [0.4, 0.5) is 0 Å². The maximum Gasteiger partial charge on any atom is 0.303 e. The number of hydrogen-bond acceptors (Lipinski definition) is 17. The molecule has 0 bridgehead atoms. The molecule has 0 amide bonds. The highest BCUT2D eigenvalue weighted by Gasteiger charge is 2.53. The fourth-order valence-corrected chi connectivity index (χ4v) is 6.89. The molecule has 3 heterocycles. The van der Waals surface area contributed by atoms with Crippen molar-refractivity contribution >= 4 is 35.8 Å². The molecule has 3 aliphatic heterocycles. The van der Waals surface area contributed by atoms with Crippen LogP contribution < -0.4 is 0 Å². The van der Waals surface area contributed by atoms with Crippen molar-refractivity contribution in [2.45, 2.75) is 156 Å². The molecule has 0 aromatic carbocycles. The lowest BCUT2D eigenvalue weighted by molar-refractivity contribution is -0.324. The first-order chi connectivity index (χ1) is 24.3. The first-order valence-corrected chi connectivity index (χ1v) is 17.6. The topological polar surface area (TPSA) is 204 Å². The summed E-state index contributed by atoms with van der Waals surface area (Å²) in [5.41, 5.74) is 0. The highest BCUT2D eigenvalue weighted by atomic mass is 16.7. The smallest absolute Gasteiger partial charge is 0.303 e. The quantitative estimate of drug-likeness (QED) is 0.196. The fourth-order valence-electron chi connectivity index (χ4n) is 6.89. The van der Waals surface area contributed by atoms with Gasteiger partial charge in [-0.2, -0.15) is 0 Å². The molecule has 0 saturated carbocycles. The van der Waals surface area contributed by atoms with E-state index in [2.05, 4.69) is 0 Å². The van der Waals surface area contributed by atoms with Crippen LogP contribution in [0.15, 0.2) is 0 Å². The van der Waals surface area contributed by atoms with E-state index < -0.39 is 116 Å². The molecular weight excluding hydrogens is 692 g/mol. The molecule has 0 N–H and O–H groups in total. The van der Waals surface area contributed by atoms with E-state index >= 15 is 0 Å². The standard InChI is InChI=1S/C35H54O17/c1-12-25-15(2)16(3)29(46-20(7)37)34(51-25)42-13-26-17(4)28(45-19(6)36)33(50-24(11)41)35(52-26)43-14-27-31(48-22(9)39)32(49-23(10)40)30(18(5)44-27)47-21(8)38/h15-18,25-35H,12-14H2,1-11H3/t15-,16-,17+,18-,25+,26?,27?,28-,29+,30-,31+,32+,33+,34+,35+/m0/s1. The molecule has 0 aromatic heterocycles. The van der Waals surface area contributed by atoms with E-state index in [9.17, 15) is 28.8 Å². The van der Waals surface area contributed by atoms with E-state index in [0.29, 0.717) is 6.42 Å². The third-order valence-corrected chi connectivity index (χ3v) is 9.45. The molecular formula is C35H54O17. The van der Waals surface area contributed by atoms with Gasteiger partial charge in [0.1, 0.15) is 12.2 Å². The molecule has 296 valence electrons. The van der Waals surface area contributed by atoms with Gasteiger partial charge in [0.2, 0.25) is 0 Å². The monoisotopic (exact) mass is 746 g/mol. The lowest BCUT2D eigenvalue weighted by Crippen LogP contribution is -2.63. The molecule has 3 fully saturated rings. The first-order valence-electron chi connectivity index (χ1n) is 17.6. The summed E-state index contributed by atoms with van der Waals surface area (Å²) in [5, 5.41) is 0. The van der Waals surface area contributed by atoms with E-state index in [4.69, 9.17) is 52.1 Å². The summed E-state index contributed by atoms with van der Waals surface area (Å²) in [6.07, 6.45) is -11.4. The Balaban J connectivity index is 1.92. The fraction of sp³-hybridized carbons (Fsp3) is 0.829. The van der Waals surface area contributed by atoms with Crippen molar-refractivity contribution in [2.75, 3.05) is 13.2 Å². The second-order valence-corrected chi connectivity index (χ2v) is 13.6. The zero-order valence-corrected chi connectivity index (χ0v) is 31.7. The molecule has 0 radical (unpaired) electrons. The SMILES string of the molecule is CC[C@H]1O[C@@H](OCC2O[C@@H](OCC3O[C@@H](C)[C@H](OC(C)=O)[C@@H](OC(C)=O)[C@@H]3OC(C)=O)[C@H](OC(C)=O)[C@@H](OC(C)=O)[C@@H]2C)[C@H](OC(C)=O)[C@@H](C)[C@@H]1C. The third-order valence-electron chi connectivity index (χ3n) is 9.45. The minimum absolute atomic E-state index is 0.0694. The van der Waals surface area contributed by atoms with Crippen molar-refractivity contribution in [3.63, 3.8) is 0 Å². The zero-order chi connectivity index (χ0) is 39.0. The van der Waals surface area contributed by atoms with Crippen LogP contribution in [0.3, 0.4) is 0 Å². The van der Waals surface area contributed by atoms with Crippen LogP contribution in [0.2, 0.25) is 0 Å². The summed E-state index contributed by atoms with van der Waals surface area (Å²) in [6.45, 7) is 15.9. The van der Waals surface area contributed by atoms with Crippen LogP contribution in [-0.4, -0.2) is 123 Å². The molecule has 17 heteroatoms. The highest BCUT2D eigenvalue weighted by Crippen LogP contribution is 2.37. The van der Waals surface area contributed by atoms with Crippen LogP contribution >= 0.6 is 0 Å². The second-order valence-electron chi connectivity index (χ2n) is 13.6. The van der Waals surface area contributed by atoms with Gasteiger partial charge in [0.05, 0.1) is 31.5 Å². The number of carbonyl (C=O) groups excluding carboxylic acids is 6. The Morgan fingerprint density at radius 2 is 0.827 bits per heavy atom. The Bertz CT molecular complexity index is 1270. The summed E-state index contributed by atoms with van der Waals surface area (Å²) in [4.78, 5) is 72.9. The predicted octanol–water partition coefficient (Wildman–Crippen LogP) is 2.17. The largest absolute Gasteiger partial charge is 0.458 e. The molecule has 17 nitrogen and oxygen atoms in total. The lowest BCUT2D eigenvalue weighted by atomic mass is 9.82. The van der Waals surface area contributed by atoms with Crippen LogP contribution in [0.5, 0.6) is 0 Å². The van der Waals surface area contributed by atoms with Gasteiger partial charge in [0.15, 0.2) is 43.1 Å². The predicted molar refractivity (Wildman–Crippen MR) is 175 cm³/mol. The van der Waals surface area contributed by atoms with Crippen molar-refractivity contribution in [3.05, 3.63) is 0 Å². The van der Waals surface area contributed by atoms with Crippen molar-refractivity contribution in [2.24, 2.45) is 17.8 Å². The second kappa shape index (κ2) is 19.1. The summed E-state index contributed by atoms with van der Waals surface area (Å²) in [7, 11) is 0. The highest BCUT2D eigenvalue weighted by molar-refractivity contribution is 5.69. The van der Waals surface area contributed by atoms with Crippen LogP contribution in [-0.2, 0) is 80.9 Å². The Morgan fingerprint density at radius 3 is 1.35 bits per heavy atom. The van der Waals surface area contributed by atoms with E-state index in [1.165, 1.54) is 27.7 Å². The Labute approximate surface area is 303 Å². The third kappa shape index (κ3) is 11.3. The van der Waals surface area contributed by atoms with Gasteiger partial charge in [-0.3, -0.25) is 28.8 Å². The van der Waals surface area contributed by atoms with Gasteiger partial charge < -0.3 is 52.1 Å². The Hall–Kier alpha value is -3.38. The zero-order valence-electron chi connectivity index (χ0n) is 31.7. The van der Waals surface area contributed by atoms with Gasteiger partial charge in [-0.15, -0.1) is 0 Å². The number of carbonyl (C=O) groups is 6. The molecule has 0 aromatic rings. The summed E-state index contributed by atoms with van der Waals surface area (Å²) in [6, 6.07) is 0. The molecule has 3 aliphatic rings. The van der Waals surface area contributed by atoms with Crippen LogP contribution in [0.1, 0.15) is 82.6 Å². The molecule has 3 saturated heterocycles. The average Bonchev–Trinajstić information content (AvgIpc) is 3.03. The van der Waals surface area contributed by atoms with E-state index in [-0.39, 0.29) is 24.5 Å². The molecule has 3 rings (SSSR count). The van der Waals surface area contributed by atoms with E-state index in [1.54, 1.807) is 13.8 Å². The number of rotatable bonds is 13. The van der Waals surface area contributed by atoms with Gasteiger partial charge >= 0.3 is 35.8 Å². The number of esters is 6. The number of ether oxygens (including phenoxy) is 11. The number of hydrogen-bond donors (Lipinski definition) is 0. The van der Waals surface area contributed by atoms with E-state index in [1.807, 2.05) is 20.8 Å². The maximum atomic E-state index is 12.3. The van der Waals surface area contributed by atoms with Gasteiger partial charge in [0, 0.05) is 53.4 Å². The van der Waals surface area contributed by atoms with E-state index in [0.717, 1.165) is 13.8 Å². The van der Waals surface area contributed by atoms with Crippen molar-refractivity contribution in [3.8, 4) is 0 Å².